The number of fused-ring (bicyclic) bond motifs is 1. The summed E-state index contributed by atoms with van der Waals surface area (Å²) in [5.41, 5.74) is 3.35. The van der Waals surface area contributed by atoms with E-state index in [9.17, 15) is 19.1 Å². The van der Waals surface area contributed by atoms with Crippen LogP contribution in [0, 0.1) is 11.6 Å². The molecule has 4 rings (SSSR count). The standard InChI is InChI=1S/C20H19F2N5O3/c21-15-17(23)14-12(28)9-11(20(29)30)27(10-4-5-10)19(14)16(22)18(15)26-8-7-25-13-3-1-2-6-24-13/h1-3,6,9-10,26H,4-5,7-8,23H2,(H,24,25)(H,29,30). The van der Waals surface area contributed by atoms with Crippen LogP contribution in [-0.2, 0) is 0 Å². The number of nitrogen functional groups attached to an aromatic ring is 1. The summed E-state index contributed by atoms with van der Waals surface area (Å²) in [5, 5.41) is 14.8. The van der Waals surface area contributed by atoms with Gasteiger partial charge in [-0.05, 0) is 25.0 Å². The molecule has 2 aromatic heterocycles. The molecule has 2 heterocycles. The van der Waals surface area contributed by atoms with Crippen LogP contribution in [0.15, 0.2) is 35.3 Å². The van der Waals surface area contributed by atoms with Gasteiger partial charge in [-0.2, -0.15) is 0 Å². The van der Waals surface area contributed by atoms with Crippen LogP contribution < -0.4 is 21.8 Å². The van der Waals surface area contributed by atoms with Crippen LogP contribution in [0.5, 0.6) is 0 Å². The molecule has 0 saturated heterocycles. The third kappa shape index (κ3) is 3.40. The fourth-order valence-electron chi connectivity index (χ4n) is 3.44. The van der Waals surface area contributed by atoms with E-state index in [1.165, 1.54) is 4.57 Å². The van der Waals surface area contributed by atoms with E-state index in [1.54, 1.807) is 24.4 Å². The zero-order valence-corrected chi connectivity index (χ0v) is 15.8. The molecule has 1 aromatic carbocycles. The fourth-order valence-corrected chi connectivity index (χ4v) is 3.44. The number of carbonyl (C=O) groups is 1. The Kier molecular flexibility index (Phi) is 4.98. The lowest BCUT2D eigenvalue weighted by molar-refractivity contribution is 0.0684. The number of nitrogens with one attached hydrogen (secondary N) is 2. The molecule has 8 nitrogen and oxygen atoms in total. The van der Waals surface area contributed by atoms with Crippen molar-refractivity contribution in [2.75, 3.05) is 29.5 Å². The van der Waals surface area contributed by atoms with Crippen LogP contribution in [-0.4, -0.2) is 33.7 Å². The average Bonchev–Trinajstić information content (AvgIpc) is 3.56. The molecule has 0 atom stereocenters. The van der Waals surface area contributed by atoms with Gasteiger partial charge >= 0.3 is 5.97 Å². The minimum atomic E-state index is -1.36. The van der Waals surface area contributed by atoms with Crippen LogP contribution in [0.1, 0.15) is 29.4 Å². The molecular formula is C20H19F2N5O3. The number of nitrogens with zero attached hydrogens (tertiary/aromatic N) is 2. The van der Waals surface area contributed by atoms with Crippen molar-refractivity contribution in [3.8, 4) is 0 Å². The van der Waals surface area contributed by atoms with Gasteiger partial charge in [0.05, 0.1) is 16.6 Å². The zero-order chi connectivity index (χ0) is 21.4. The summed E-state index contributed by atoms with van der Waals surface area (Å²) in [5.74, 6) is -2.88. The fraction of sp³-hybridized carbons (Fsp3) is 0.250. The highest BCUT2D eigenvalue weighted by Gasteiger charge is 2.33. The number of benzene rings is 1. The summed E-state index contributed by atoms with van der Waals surface area (Å²) < 4.78 is 31.4. The van der Waals surface area contributed by atoms with Crippen molar-refractivity contribution in [2.24, 2.45) is 0 Å². The Morgan fingerprint density at radius 2 is 1.97 bits per heavy atom. The lowest BCUT2D eigenvalue weighted by atomic mass is 10.1. The molecule has 0 amide bonds. The van der Waals surface area contributed by atoms with Gasteiger partial charge in [-0.25, -0.2) is 18.6 Å². The number of anilines is 3. The van der Waals surface area contributed by atoms with Crippen molar-refractivity contribution >= 4 is 34.1 Å². The molecule has 10 heteroatoms. The number of hydrogen-bond donors (Lipinski definition) is 4. The minimum Gasteiger partial charge on any atom is -0.477 e. The normalized spacial score (nSPS) is 13.4. The number of hydrogen-bond acceptors (Lipinski definition) is 6. The van der Waals surface area contributed by atoms with Gasteiger partial charge in [0.15, 0.2) is 17.1 Å². The zero-order valence-electron chi connectivity index (χ0n) is 15.8. The maximum absolute atomic E-state index is 15.4. The Bertz CT molecular complexity index is 1190. The van der Waals surface area contributed by atoms with E-state index in [4.69, 9.17) is 5.73 Å². The van der Waals surface area contributed by atoms with Crippen molar-refractivity contribution in [1.82, 2.24) is 9.55 Å². The minimum absolute atomic E-state index is 0.127. The van der Waals surface area contributed by atoms with Gasteiger partial charge < -0.3 is 26.0 Å². The van der Waals surface area contributed by atoms with Gasteiger partial charge in [0, 0.05) is 31.4 Å². The quantitative estimate of drug-likeness (QED) is 0.346. The molecule has 0 bridgehead atoms. The Balaban J connectivity index is 1.74. The predicted molar refractivity (Wildman–Crippen MR) is 109 cm³/mol. The van der Waals surface area contributed by atoms with E-state index in [0.29, 0.717) is 25.2 Å². The van der Waals surface area contributed by atoms with Crippen LogP contribution in [0.4, 0.5) is 26.0 Å². The first-order chi connectivity index (χ1) is 14.4. The highest BCUT2D eigenvalue weighted by Crippen LogP contribution is 2.41. The van der Waals surface area contributed by atoms with Gasteiger partial charge in [-0.1, -0.05) is 6.07 Å². The maximum atomic E-state index is 15.4. The van der Waals surface area contributed by atoms with Crippen molar-refractivity contribution in [1.29, 1.82) is 0 Å². The first kappa shape index (κ1) is 19.6. The maximum Gasteiger partial charge on any atom is 0.352 e. The molecule has 1 saturated carbocycles. The summed E-state index contributed by atoms with van der Waals surface area (Å²) in [6.07, 6.45) is 2.87. The Labute approximate surface area is 169 Å². The summed E-state index contributed by atoms with van der Waals surface area (Å²) in [6.45, 7) is 0.431. The van der Waals surface area contributed by atoms with Crippen molar-refractivity contribution in [3.63, 3.8) is 0 Å². The summed E-state index contributed by atoms with van der Waals surface area (Å²) >= 11 is 0. The van der Waals surface area contributed by atoms with Crippen LogP contribution >= 0.6 is 0 Å². The smallest absolute Gasteiger partial charge is 0.352 e. The van der Waals surface area contributed by atoms with E-state index >= 15 is 4.39 Å². The second-order valence-electron chi connectivity index (χ2n) is 7.01. The second kappa shape index (κ2) is 7.62. The number of carboxylic acids is 1. The topological polar surface area (TPSA) is 122 Å². The molecular weight excluding hydrogens is 396 g/mol. The Morgan fingerprint density at radius 1 is 1.23 bits per heavy atom. The molecule has 5 N–H and O–H groups in total. The van der Waals surface area contributed by atoms with Crippen molar-refractivity contribution in [3.05, 3.63) is 58.0 Å². The molecule has 1 aliphatic rings. The van der Waals surface area contributed by atoms with E-state index in [-0.39, 0.29) is 29.2 Å². The SMILES string of the molecule is Nc1c(F)c(NCCNc2ccccn2)c(F)c2c1c(=O)cc(C(=O)O)n2C1CC1. The van der Waals surface area contributed by atoms with E-state index in [0.717, 1.165) is 6.07 Å². The van der Waals surface area contributed by atoms with Crippen molar-refractivity contribution in [2.45, 2.75) is 18.9 Å². The molecule has 0 unspecified atom stereocenters. The lowest BCUT2D eigenvalue weighted by Gasteiger charge is -2.19. The third-order valence-corrected chi connectivity index (χ3v) is 4.93. The summed E-state index contributed by atoms with van der Waals surface area (Å²) in [4.78, 5) is 28.1. The third-order valence-electron chi connectivity index (χ3n) is 4.93. The van der Waals surface area contributed by atoms with Crippen LogP contribution in [0.25, 0.3) is 10.9 Å². The number of aromatic carboxylic acids is 1. The highest BCUT2D eigenvalue weighted by atomic mass is 19.1. The second-order valence-corrected chi connectivity index (χ2v) is 7.01. The van der Waals surface area contributed by atoms with E-state index in [2.05, 4.69) is 15.6 Å². The monoisotopic (exact) mass is 415 g/mol. The molecule has 0 aliphatic heterocycles. The first-order valence-electron chi connectivity index (χ1n) is 9.38. The predicted octanol–water partition coefficient (Wildman–Crippen LogP) is 2.81. The number of aromatic nitrogens is 2. The summed E-state index contributed by atoms with van der Waals surface area (Å²) in [7, 11) is 0. The Morgan fingerprint density at radius 3 is 2.60 bits per heavy atom. The summed E-state index contributed by atoms with van der Waals surface area (Å²) in [6, 6.07) is 5.89. The number of halogens is 2. The molecule has 30 heavy (non-hydrogen) atoms. The van der Waals surface area contributed by atoms with E-state index in [1.807, 2.05) is 0 Å². The van der Waals surface area contributed by atoms with Gasteiger partial charge in [0.1, 0.15) is 17.2 Å². The first-order valence-corrected chi connectivity index (χ1v) is 9.38. The molecule has 3 aromatic rings. The molecule has 1 fully saturated rings. The number of rotatable bonds is 7. The molecule has 0 spiro atoms. The largest absolute Gasteiger partial charge is 0.477 e. The number of nitrogens with two attached hydrogens (primary N) is 1. The number of pyridine rings is 2. The van der Waals surface area contributed by atoms with Crippen molar-refractivity contribution < 1.29 is 18.7 Å². The highest BCUT2D eigenvalue weighted by molar-refractivity contribution is 5.98. The van der Waals surface area contributed by atoms with Crippen LogP contribution in [0.2, 0.25) is 0 Å². The van der Waals surface area contributed by atoms with Gasteiger partial charge in [-0.3, -0.25) is 4.79 Å². The van der Waals surface area contributed by atoms with Gasteiger partial charge in [-0.15, -0.1) is 0 Å². The van der Waals surface area contributed by atoms with E-state index < -0.39 is 34.4 Å². The Hall–Kier alpha value is -3.69. The average molecular weight is 415 g/mol. The lowest BCUT2D eigenvalue weighted by Crippen LogP contribution is -2.22. The van der Waals surface area contributed by atoms with Crippen LogP contribution in [0.3, 0.4) is 0 Å². The number of carboxylic acid groups (broad SMARTS) is 1. The van der Waals surface area contributed by atoms with Gasteiger partial charge in [0.2, 0.25) is 0 Å². The molecule has 156 valence electrons. The van der Waals surface area contributed by atoms with Gasteiger partial charge in [0.25, 0.3) is 0 Å². The molecule has 1 aliphatic carbocycles. The molecule has 0 radical (unpaired) electrons.